The quantitative estimate of drug-likeness (QED) is 0.504. The van der Waals surface area contributed by atoms with Gasteiger partial charge in [-0.05, 0) is 43.1 Å². The maximum Gasteiger partial charge on any atom is 0.417 e. The summed E-state index contributed by atoms with van der Waals surface area (Å²) in [5, 5.41) is 15.1. The highest BCUT2D eigenvalue weighted by atomic mass is 28.4. The first-order valence-electron chi connectivity index (χ1n) is 13.2. The molecule has 2 aromatic rings. The summed E-state index contributed by atoms with van der Waals surface area (Å²) < 4.78 is 17.5. The number of hydrogen-bond donors (Lipinski definition) is 2. The predicted octanol–water partition coefficient (Wildman–Crippen LogP) is 3.18. The molecule has 3 atom stereocenters. The summed E-state index contributed by atoms with van der Waals surface area (Å²) in [6.45, 7) is 13.0. The smallest absolute Gasteiger partial charge is 0.417 e. The summed E-state index contributed by atoms with van der Waals surface area (Å²) in [6, 6.07) is 17.6. The van der Waals surface area contributed by atoms with Crippen molar-refractivity contribution < 1.29 is 33.4 Å². The van der Waals surface area contributed by atoms with Crippen molar-refractivity contribution in [3.63, 3.8) is 0 Å². The summed E-state index contributed by atoms with van der Waals surface area (Å²) in [5.74, 6) is -0.873. The lowest BCUT2D eigenvalue weighted by atomic mass is 10.1. The molecular weight excluding hydrogens is 516 g/mol. The summed E-state index contributed by atoms with van der Waals surface area (Å²) in [5.41, 5.74) is -0.891. The topological polar surface area (TPSA) is 114 Å². The highest BCUT2D eigenvalue weighted by Gasteiger charge is 2.55. The van der Waals surface area contributed by atoms with Crippen LogP contribution in [-0.2, 0) is 18.7 Å². The summed E-state index contributed by atoms with van der Waals surface area (Å²) in [6.07, 6.45) is -3.42. The molecule has 39 heavy (non-hydrogen) atoms. The molecule has 0 aliphatic carbocycles. The van der Waals surface area contributed by atoms with Crippen LogP contribution in [0.4, 0.5) is 9.59 Å². The van der Waals surface area contributed by atoms with Gasteiger partial charge in [0.1, 0.15) is 5.60 Å². The SMILES string of the molecule is CCOC(=O)N[C@@H]1[C@@H](CO[Si](c2ccccc2)(c2ccccc2)C(C)(C)C)N(C(=O)OC(C)(C)C)C(=O)[C@@H]1O. The summed E-state index contributed by atoms with van der Waals surface area (Å²) in [4.78, 5) is 39.7. The molecular formula is C29H40N2O7Si. The van der Waals surface area contributed by atoms with Gasteiger partial charge in [-0.1, -0.05) is 81.4 Å². The van der Waals surface area contributed by atoms with Gasteiger partial charge in [0, 0.05) is 0 Å². The van der Waals surface area contributed by atoms with E-state index < -0.39 is 50.2 Å². The predicted molar refractivity (Wildman–Crippen MR) is 150 cm³/mol. The molecule has 212 valence electrons. The highest BCUT2D eigenvalue weighted by molar-refractivity contribution is 6.99. The number of hydrogen-bond acceptors (Lipinski definition) is 7. The van der Waals surface area contributed by atoms with Crippen LogP contribution in [0.2, 0.25) is 5.04 Å². The average molecular weight is 557 g/mol. The van der Waals surface area contributed by atoms with Crippen LogP contribution < -0.4 is 15.7 Å². The van der Waals surface area contributed by atoms with Gasteiger partial charge < -0.3 is 24.3 Å². The number of nitrogens with zero attached hydrogens (tertiary/aromatic N) is 1. The molecule has 1 saturated heterocycles. The van der Waals surface area contributed by atoms with Gasteiger partial charge in [0.15, 0.2) is 6.10 Å². The minimum atomic E-state index is -3.07. The normalized spacial score (nSPS) is 20.1. The van der Waals surface area contributed by atoms with Gasteiger partial charge in [-0.2, -0.15) is 0 Å². The van der Waals surface area contributed by atoms with Gasteiger partial charge >= 0.3 is 12.2 Å². The minimum Gasteiger partial charge on any atom is -0.450 e. The Morgan fingerprint density at radius 2 is 1.46 bits per heavy atom. The molecule has 9 nitrogen and oxygen atoms in total. The van der Waals surface area contributed by atoms with E-state index in [-0.39, 0.29) is 18.3 Å². The van der Waals surface area contributed by atoms with Gasteiger partial charge in [-0.15, -0.1) is 0 Å². The number of benzene rings is 2. The number of amides is 3. The van der Waals surface area contributed by atoms with Gasteiger partial charge in [0.05, 0.1) is 25.3 Å². The molecule has 10 heteroatoms. The van der Waals surface area contributed by atoms with E-state index in [9.17, 15) is 19.5 Å². The fraction of sp³-hybridized carbons (Fsp3) is 0.483. The number of aliphatic hydroxyl groups excluding tert-OH is 1. The number of nitrogens with one attached hydrogen (secondary N) is 1. The number of alkyl carbamates (subject to hydrolysis) is 1. The highest BCUT2D eigenvalue weighted by Crippen LogP contribution is 2.37. The molecule has 0 aromatic heterocycles. The number of carbonyl (C=O) groups is 3. The van der Waals surface area contributed by atoms with Crippen LogP contribution in [-0.4, -0.2) is 73.4 Å². The standard InChI is InChI=1S/C29H40N2O7Si/c1-8-36-26(34)30-23-22(31(25(33)24(23)32)27(35)38-28(2,3)4)19-37-39(29(5,6)7,20-15-11-9-12-16-20)21-17-13-10-14-18-21/h9-18,22-24,32H,8,19H2,1-7H3,(H,30,34)/t22-,23-,24-/m1/s1. The number of ether oxygens (including phenoxy) is 2. The van der Waals surface area contributed by atoms with Crippen molar-refractivity contribution in [3.8, 4) is 0 Å². The lowest BCUT2D eigenvalue weighted by Crippen LogP contribution is -2.68. The first-order chi connectivity index (χ1) is 18.2. The van der Waals surface area contributed by atoms with E-state index in [0.29, 0.717) is 0 Å². The molecule has 0 spiro atoms. The third-order valence-electron chi connectivity index (χ3n) is 6.61. The second kappa shape index (κ2) is 11.9. The fourth-order valence-electron chi connectivity index (χ4n) is 5.00. The minimum absolute atomic E-state index is 0.0988. The van der Waals surface area contributed by atoms with Crippen LogP contribution >= 0.6 is 0 Å². The van der Waals surface area contributed by atoms with E-state index >= 15 is 0 Å². The van der Waals surface area contributed by atoms with Crippen LogP contribution in [0.3, 0.4) is 0 Å². The first-order valence-corrected chi connectivity index (χ1v) is 15.1. The largest absolute Gasteiger partial charge is 0.450 e. The molecule has 0 saturated carbocycles. The number of carbonyl (C=O) groups excluding carboxylic acids is 3. The second-order valence-corrected chi connectivity index (χ2v) is 15.9. The Balaban J connectivity index is 2.10. The van der Waals surface area contributed by atoms with Crippen molar-refractivity contribution in [1.82, 2.24) is 10.2 Å². The number of likely N-dealkylation sites (tertiary alicyclic amines) is 1. The van der Waals surface area contributed by atoms with E-state index in [2.05, 4.69) is 26.1 Å². The number of imide groups is 1. The van der Waals surface area contributed by atoms with E-state index in [4.69, 9.17) is 13.9 Å². The lowest BCUT2D eigenvalue weighted by Gasteiger charge is -2.44. The molecule has 0 radical (unpaired) electrons. The van der Waals surface area contributed by atoms with Crippen molar-refractivity contribution in [1.29, 1.82) is 0 Å². The van der Waals surface area contributed by atoms with E-state index in [0.717, 1.165) is 15.3 Å². The van der Waals surface area contributed by atoms with Crippen LogP contribution in [0.1, 0.15) is 48.5 Å². The molecule has 2 aromatic carbocycles. The summed E-state index contributed by atoms with van der Waals surface area (Å²) in [7, 11) is -3.07. The lowest BCUT2D eigenvalue weighted by molar-refractivity contribution is -0.134. The van der Waals surface area contributed by atoms with Crippen molar-refractivity contribution >= 4 is 36.8 Å². The molecule has 3 rings (SSSR count). The molecule has 1 fully saturated rings. The Hall–Kier alpha value is -3.21. The third-order valence-corrected chi connectivity index (χ3v) is 11.6. The summed E-state index contributed by atoms with van der Waals surface area (Å²) >= 11 is 0. The molecule has 0 bridgehead atoms. The fourth-order valence-corrected chi connectivity index (χ4v) is 9.58. The third kappa shape index (κ3) is 6.51. The zero-order valence-corrected chi connectivity index (χ0v) is 24.8. The Morgan fingerprint density at radius 3 is 1.90 bits per heavy atom. The van der Waals surface area contributed by atoms with Crippen molar-refractivity contribution in [2.24, 2.45) is 0 Å². The van der Waals surface area contributed by atoms with Gasteiger partial charge in [-0.3, -0.25) is 4.79 Å². The van der Waals surface area contributed by atoms with Crippen molar-refractivity contribution in [3.05, 3.63) is 60.7 Å². The van der Waals surface area contributed by atoms with E-state index in [1.54, 1.807) is 27.7 Å². The Labute approximate surface area is 231 Å². The van der Waals surface area contributed by atoms with Crippen LogP contribution in [0.25, 0.3) is 0 Å². The zero-order chi connectivity index (χ0) is 29.0. The Bertz CT molecular complexity index is 1110. The average Bonchev–Trinajstić information content (AvgIpc) is 3.08. The van der Waals surface area contributed by atoms with Gasteiger partial charge in [-0.25, -0.2) is 14.5 Å². The number of rotatable bonds is 7. The van der Waals surface area contributed by atoms with E-state index in [1.807, 2.05) is 60.7 Å². The Morgan fingerprint density at radius 1 is 0.949 bits per heavy atom. The molecule has 3 amide bonds. The number of aliphatic hydroxyl groups is 1. The van der Waals surface area contributed by atoms with Crippen LogP contribution in [0, 0.1) is 0 Å². The van der Waals surface area contributed by atoms with Crippen LogP contribution in [0.5, 0.6) is 0 Å². The van der Waals surface area contributed by atoms with Crippen molar-refractivity contribution in [2.75, 3.05) is 13.2 Å². The van der Waals surface area contributed by atoms with Gasteiger partial charge in [0.2, 0.25) is 0 Å². The molecule has 0 unspecified atom stereocenters. The van der Waals surface area contributed by atoms with Crippen molar-refractivity contribution in [2.45, 2.75) is 77.3 Å². The zero-order valence-electron chi connectivity index (χ0n) is 23.8. The molecule has 1 heterocycles. The molecule has 1 aliphatic heterocycles. The Kier molecular flexibility index (Phi) is 9.25. The maximum absolute atomic E-state index is 13.2. The monoisotopic (exact) mass is 556 g/mol. The second-order valence-electron chi connectivity index (χ2n) is 11.6. The van der Waals surface area contributed by atoms with Gasteiger partial charge in [0.25, 0.3) is 14.2 Å². The molecule has 2 N–H and O–H groups in total. The first kappa shape index (κ1) is 30.3. The van der Waals surface area contributed by atoms with E-state index in [1.165, 1.54) is 0 Å². The van der Waals surface area contributed by atoms with Crippen LogP contribution in [0.15, 0.2) is 60.7 Å². The molecule has 1 aliphatic rings. The maximum atomic E-state index is 13.2.